The minimum Gasteiger partial charge on any atom is -0.490 e. The summed E-state index contributed by atoms with van der Waals surface area (Å²) in [6.45, 7) is 2.44. The van der Waals surface area contributed by atoms with Crippen molar-refractivity contribution < 1.29 is 24.0 Å². The molecular formula is C34H26IN3O6. The molecule has 0 N–H and O–H groups in total. The van der Waals surface area contributed by atoms with Crippen LogP contribution in [-0.4, -0.2) is 34.6 Å². The molecule has 0 radical (unpaired) electrons. The Morgan fingerprint density at radius 1 is 0.864 bits per heavy atom. The largest absolute Gasteiger partial charge is 0.490 e. The topological polar surface area (TPSA) is 111 Å². The third-order valence-electron chi connectivity index (χ3n) is 8.61. The Bertz CT molecular complexity index is 1740. The number of rotatable bonds is 8. The third-order valence-corrected chi connectivity index (χ3v) is 9.41. The van der Waals surface area contributed by atoms with Gasteiger partial charge in [0.25, 0.3) is 17.5 Å². The van der Waals surface area contributed by atoms with Gasteiger partial charge >= 0.3 is 0 Å². The summed E-state index contributed by atoms with van der Waals surface area (Å²) >= 11 is 2.14. The van der Waals surface area contributed by atoms with Crippen LogP contribution in [0.3, 0.4) is 0 Å². The number of halogens is 1. The van der Waals surface area contributed by atoms with Crippen molar-refractivity contribution in [3.63, 3.8) is 0 Å². The van der Waals surface area contributed by atoms with Gasteiger partial charge in [0, 0.05) is 24.0 Å². The van der Waals surface area contributed by atoms with Crippen molar-refractivity contribution in [2.75, 3.05) is 6.61 Å². The number of nitro benzene ring substituents is 1. The van der Waals surface area contributed by atoms with Gasteiger partial charge in [0.1, 0.15) is 6.61 Å². The van der Waals surface area contributed by atoms with E-state index in [-0.39, 0.29) is 35.9 Å². The number of imide groups is 1. The van der Waals surface area contributed by atoms with E-state index >= 15 is 0 Å². The number of carbonyl (C=O) groups is 2. The maximum absolute atomic E-state index is 13.9. The summed E-state index contributed by atoms with van der Waals surface area (Å²) in [4.78, 5) is 38.2. The van der Waals surface area contributed by atoms with E-state index in [1.165, 1.54) is 18.3 Å². The molecule has 4 aromatic carbocycles. The van der Waals surface area contributed by atoms with Crippen LogP contribution in [0.1, 0.15) is 52.1 Å². The number of ether oxygens (including phenoxy) is 2. The predicted octanol–water partition coefficient (Wildman–Crippen LogP) is 6.40. The number of amides is 2. The first-order valence-electron chi connectivity index (χ1n) is 14.3. The molecule has 0 spiro atoms. The van der Waals surface area contributed by atoms with Crippen LogP contribution in [0, 0.1) is 25.5 Å². The number of benzene rings is 4. The second-order valence-electron chi connectivity index (χ2n) is 11.0. The summed E-state index contributed by atoms with van der Waals surface area (Å²) < 4.78 is 12.7. The van der Waals surface area contributed by atoms with Gasteiger partial charge in [-0.1, -0.05) is 48.5 Å². The van der Waals surface area contributed by atoms with Crippen LogP contribution in [-0.2, 0) is 16.2 Å². The van der Waals surface area contributed by atoms with Crippen molar-refractivity contribution >= 4 is 46.3 Å². The molecule has 1 saturated heterocycles. The summed E-state index contributed by atoms with van der Waals surface area (Å²) in [6, 6.07) is 26.0. The number of hydrogen-bond donors (Lipinski definition) is 0. The summed E-state index contributed by atoms with van der Waals surface area (Å²) in [5.41, 5.74) is 5.89. The Kier molecular flexibility index (Phi) is 7.16. The first-order valence-corrected chi connectivity index (χ1v) is 15.4. The van der Waals surface area contributed by atoms with Gasteiger partial charge in [-0.25, -0.2) is 0 Å². The highest BCUT2D eigenvalue weighted by Gasteiger charge is 2.61. The molecule has 1 heterocycles. The van der Waals surface area contributed by atoms with Crippen molar-refractivity contribution in [3.05, 3.63) is 132 Å². The van der Waals surface area contributed by atoms with Crippen molar-refractivity contribution in [2.45, 2.75) is 25.4 Å². The predicted molar refractivity (Wildman–Crippen MR) is 171 cm³/mol. The fourth-order valence-electron chi connectivity index (χ4n) is 6.83. The number of hydrazone groups is 1. The first kappa shape index (κ1) is 28.2. The molecule has 4 aliphatic rings. The van der Waals surface area contributed by atoms with Gasteiger partial charge in [-0.2, -0.15) is 10.1 Å². The zero-order valence-electron chi connectivity index (χ0n) is 23.6. The van der Waals surface area contributed by atoms with E-state index in [9.17, 15) is 19.7 Å². The van der Waals surface area contributed by atoms with Crippen LogP contribution in [0.25, 0.3) is 0 Å². The first-order chi connectivity index (χ1) is 21.4. The molecule has 2 atom stereocenters. The SMILES string of the molecule is CCOc1cc(/C=N\N2C(=O)[C@@H]3C4c5ccccc5C(c5ccccc54)[C@@H]3C2=O)cc(I)c1OCc1ccc([N+](=O)[O-])cc1. The van der Waals surface area contributed by atoms with Gasteiger partial charge in [-0.15, -0.1) is 0 Å². The molecule has 44 heavy (non-hydrogen) atoms. The van der Waals surface area contributed by atoms with Crippen LogP contribution in [0.15, 0.2) is 90.0 Å². The second kappa shape index (κ2) is 11.2. The standard InChI is InChI=1S/C34H26IN3O6/c1-2-43-27-16-20(15-26(35)32(27)44-18-19-11-13-21(14-12-19)38(41)42)17-36-37-33(39)30-28-22-7-3-4-8-23(22)29(31(30)34(37)40)25-10-6-5-9-24(25)28/h3-17,28-31H,2,18H2,1H3/b36-17-/t28?,29?,30-,31+. The lowest BCUT2D eigenvalue weighted by Crippen LogP contribution is -2.41. The summed E-state index contributed by atoms with van der Waals surface area (Å²) in [5.74, 6) is -0.920. The molecule has 1 fully saturated rings. The van der Waals surface area contributed by atoms with Crippen LogP contribution >= 0.6 is 22.6 Å². The molecule has 0 saturated carbocycles. The zero-order valence-corrected chi connectivity index (χ0v) is 25.7. The Hall–Kier alpha value is -4.58. The lowest BCUT2D eigenvalue weighted by Gasteiger charge is -2.45. The van der Waals surface area contributed by atoms with Crippen LogP contribution in [0.4, 0.5) is 5.69 Å². The molecule has 0 unspecified atom stereocenters. The second-order valence-corrected chi connectivity index (χ2v) is 12.1. The Morgan fingerprint density at radius 3 is 1.91 bits per heavy atom. The molecule has 10 heteroatoms. The van der Waals surface area contributed by atoms with Crippen LogP contribution < -0.4 is 9.47 Å². The molecule has 4 aromatic rings. The molecular weight excluding hydrogens is 673 g/mol. The molecule has 220 valence electrons. The van der Waals surface area contributed by atoms with Crippen molar-refractivity contribution in [1.82, 2.24) is 5.01 Å². The van der Waals surface area contributed by atoms with E-state index in [2.05, 4.69) is 52.0 Å². The molecule has 9 nitrogen and oxygen atoms in total. The highest BCUT2D eigenvalue weighted by molar-refractivity contribution is 14.1. The third kappa shape index (κ3) is 4.55. The van der Waals surface area contributed by atoms with E-state index in [4.69, 9.17) is 9.47 Å². The molecule has 2 bridgehead atoms. The highest BCUT2D eigenvalue weighted by Crippen LogP contribution is 2.61. The number of nitrogens with zero attached hydrogens (tertiary/aromatic N) is 3. The van der Waals surface area contributed by atoms with Gasteiger partial charge in [0.15, 0.2) is 11.5 Å². The molecule has 2 amide bonds. The van der Waals surface area contributed by atoms with E-state index in [0.717, 1.165) is 36.4 Å². The van der Waals surface area contributed by atoms with Gasteiger partial charge in [-0.05, 0) is 87.2 Å². The summed E-state index contributed by atoms with van der Waals surface area (Å²) in [6.07, 6.45) is 1.51. The van der Waals surface area contributed by atoms with E-state index in [1.54, 1.807) is 18.2 Å². The average molecular weight is 700 g/mol. The molecule has 0 aromatic heterocycles. The van der Waals surface area contributed by atoms with Crippen molar-refractivity contribution in [1.29, 1.82) is 0 Å². The average Bonchev–Trinajstić information content (AvgIpc) is 3.29. The Labute approximate surface area is 266 Å². The molecule has 1 aliphatic heterocycles. The normalized spacial score (nSPS) is 21.3. The van der Waals surface area contributed by atoms with Gasteiger partial charge < -0.3 is 9.47 Å². The van der Waals surface area contributed by atoms with Gasteiger partial charge in [0.05, 0.1) is 33.2 Å². The highest BCUT2D eigenvalue weighted by atomic mass is 127. The summed E-state index contributed by atoms with van der Waals surface area (Å²) in [5, 5.41) is 16.5. The molecule has 3 aliphatic carbocycles. The van der Waals surface area contributed by atoms with Crippen molar-refractivity contribution in [2.24, 2.45) is 16.9 Å². The van der Waals surface area contributed by atoms with Crippen LogP contribution in [0.5, 0.6) is 11.5 Å². The maximum atomic E-state index is 13.9. The van der Waals surface area contributed by atoms with E-state index < -0.39 is 16.8 Å². The van der Waals surface area contributed by atoms with Crippen molar-refractivity contribution in [3.8, 4) is 11.5 Å². The fraction of sp³-hybridized carbons (Fsp3) is 0.206. The lowest BCUT2D eigenvalue weighted by atomic mass is 9.55. The van der Waals surface area contributed by atoms with Gasteiger partial charge in [0.2, 0.25) is 0 Å². The number of non-ortho nitro benzene ring substituents is 1. The number of hydrogen-bond acceptors (Lipinski definition) is 7. The smallest absolute Gasteiger partial charge is 0.269 e. The maximum Gasteiger partial charge on any atom is 0.269 e. The van der Waals surface area contributed by atoms with Gasteiger partial charge in [-0.3, -0.25) is 19.7 Å². The van der Waals surface area contributed by atoms with Crippen LogP contribution in [0.2, 0.25) is 0 Å². The zero-order chi connectivity index (χ0) is 30.5. The Balaban J connectivity index is 1.15. The number of nitro groups is 1. The minimum atomic E-state index is -0.497. The quantitative estimate of drug-likeness (QED) is 0.0692. The minimum absolute atomic E-state index is 0.0120. The Morgan fingerprint density at radius 2 is 1.41 bits per heavy atom. The number of carbonyl (C=O) groups excluding carboxylic acids is 2. The fourth-order valence-corrected chi connectivity index (χ4v) is 7.62. The van der Waals surface area contributed by atoms with E-state index in [0.29, 0.717) is 23.7 Å². The summed E-state index contributed by atoms with van der Waals surface area (Å²) in [7, 11) is 0. The lowest BCUT2D eigenvalue weighted by molar-refractivity contribution is -0.384. The monoisotopic (exact) mass is 699 g/mol. The van der Waals surface area contributed by atoms with E-state index in [1.807, 2.05) is 37.3 Å². The molecule has 8 rings (SSSR count).